The lowest BCUT2D eigenvalue weighted by Gasteiger charge is -2.29. The van der Waals surface area contributed by atoms with Gasteiger partial charge in [0, 0.05) is 13.2 Å². The summed E-state index contributed by atoms with van der Waals surface area (Å²) in [5.74, 6) is 0. The van der Waals surface area contributed by atoms with Crippen molar-refractivity contribution in [3.63, 3.8) is 0 Å². The summed E-state index contributed by atoms with van der Waals surface area (Å²) in [6.45, 7) is 7.98. The Bertz CT molecular complexity index is 365. The minimum atomic E-state index is -0.373. The van der Waals surface area contributed by atoms with Crippen LogP contribution < -0.4 is 5.32 Å². The summed E-state index contributed by atoms with van der Waals surface area (Å²) in [5, 5.41) is 13.1. The highest BCUT2D eigenvalue weighted by Gasteiger charge is 2.22. The van der Waals surface area contributed by atoms with Crippen LogP contribution in [0.3, 0.4) is 0 Å². The van der Waals surface area contributed by atoms with Gasteiger partial charge in [0.15, 0.2) is 0 Å². The molecule has 0 fully saturated rings. The third-order valence-electron chi connectivity index (χ3n) is 3.70. The van der Waals surface area contributed by atoms with Crippen molar-refractivity contribution >= 4 is 0 Å². The summed E-state index contributed by atoms with van der Waals surface area (Å²) in [6, 6.07) is 11.0. The Morgan fingerprint density at radius 1 is 1.25 bits per heavy atom. The number of aliphatic hydroxyl groups is 1. The second-order valence-electron chi connectivity index (χ2n) is 6.21. The Balaban J connectivity index is 2.36. The first-order valence-corrected chi connectivity index (χ1v) is 7.41. The number of ether oxygens (including phenoxy) is 1. The molecule has 114 valence electrons. The molecule has 0 aromatic heterocycles. The lowest BCUT2D eigenvalue weighted by atomic mass is 9.79. The number of aliphatic hydroxyl groups excluding tert-OH is 1. The number of benzene rings is 1. The molecule has 0 spiro atoms. The molecule has 2 N–H and O–H groups in total. The summed E-state index contributed by atoms with van der Waals surface area (Å²) in [5.41, 5.74) is 1.52. The van der Waals surface area contributed by atoms with E-state index in [0.717, 1.165) is 19.4 Å². The van der Waals surface area contributed by atoms with Gasteiger partial charge in [0.25, 0.3) is 0 Å². The summed E-state index contributed by atoms with van der Waals surface area (Å²) < 4.78 is 4.92. The van der Waals surface area contributed by atoms with Gasteiger partial charge in [-0.15, -0.1) is 0 Å². The van der Waals surface area contributed by atoms with E-state index in [9.17, 15) is 5.11 Å². The molecule has 1 aromatic rings. The third-order valence-corrected chi connectivity index (χ3v) is 3.70. The minimum absolute atomic E-state index is 0.152. The van der Waals surface area contributed by atoms with Crippen LogP contribution in [0.5, 0.6) is 0 Å². The Morgan fingerprint density at radius 2 is 1.90 bits per heavy atom. The van der Waals surface area contributed by atoms with Gasteiger partial charge in [-0.1, -0.05) is 44.2 Å². The summed E-state index contributed by atoms with van der Waals surface area (Å²) >= 11 is 0. The lowest BCUT2D eigenvalue weighted by molar-refractivity contribution is 0.0589. The zero-order chi connectivity index (χ0) is 15.0. The zero-order valence-corrected chi connectivity index (χ0v) is 13.2. The molecular formula is C17H29NO2. The maximum Gasteiger partial charge on any atom is 0.0785 e. The predicted octanol–water partition coefficient (Wildman–Crippen LogP) is 2.73. The predicted molar refractivity (Wildman–Crippen MR) is 84.0 cm³/mol. The Hall–Kier alpha value is -0.900. The van der Waals surface area contributed by atoms with Crippen LogP contribution in [0.2, 0.25) is 0 Å². The Morgan fingerprint density at radius 3 is 2.50 bits per heavy atom. The second kappa shape index (κ2) is 8.40. The van der Waals surface area contributed by atoms with Gasteiger partial charge in [-0.3, -0.25) is 0 Å². The van der Waals surface area contributed by atoms with Gasteiger partial charge >= 0.3 is 0 Å². The molecule has 0 bridgehead atoms. The van der Waals surface area contributed by atoms with Crippen molar-refractivity contribution < 1.29 is 9.84 Å². The van der Waals surface area contributed by atoms with Crippen LogP contribution in [-0.2, 0) is 10.2 Å². The molecule has 1 aromatic carbocycles. The van der Waals surface area contributed by atoms with Crippen molar-refractivity contribution in [2.75, 3.05) is 20.3 Å². The fourth-order valence-corrected chi connectivity index (χ4v) is 2.62. The zero-order valence-electron chi connectivity index (χ0n) is 13.2. The van der Waals surface area contributed by atoms with Crippen molar-refractivity contribution in [3.05, 3.63) is 35.9 Å². The molecule has 2 atom stereocenters. The number of rotatable bonds is 9. The van der Waals surface area contributed by atoms with Gasteiger partial charge in [0.2, 0.25) is 0 Å². The smallest absolute Gasteiger partial charge is 0.0785 e. The highest BCUT2D eigenvalue weighted by molar-refractivity contribution is 5.23. The van der Waals surface area contributed by atoms with Gasteiger partial charge in [-0.05, 0) is 37.3 Å². The molecule has 3 heteroatoms. The van der Waals surface area contributed by atoms with E-state index in [1.807, 2.05) is 0 Å². The van der Waals surface area contributed by atoms with Crippen LogP contribution in [0.4, 0.5) is 0 Å². The van der Waals surface area contributed by atoms with Crippen molar-refractivity contribution in [1.82, 2.24) is 5.32 Å². The third kappa shape index (κ3) is 6.04. The van der Waals surface area contributed by atoms with Gasteiger partial charge in [0.05, 0.1) is 12.7 Å². The van der Waals surface area contributed by atoms with Crippen molar-refractivity contribution in [3.8, 4) is 0 Å². The quantitative estimate of drug-likeness (QED) is 0.730. The SMILES string of the molecule is COCC(O)CCNC(C)CC(C)(C)c1ccccc1. The maximum absolute atomic E-state index is 9.61. The van der Waals surface area contributed by atoms with Crippen molar-refractivity contribution in [2.24, 2.45) is 0 Å². The molecule has 0 aliphatic rings. The molecule has 0 aliphatic carbocycles. The molecule has 20 heavy (non-hydrogen) atoms. The average molecular weight is 279 g/mol. The normalized spacial score (nSPS) is 15.1. The Labute approximate surface area is 123 Å². The summed E-state index contributed by atoms with van der Waals surface area (Å²) in [4.78, 5) is 0. The van der Waals surface area contributed by atoms with E-state index in [1.54, 1.807) is 7.11 Å². The molecule has 0 radical (unpaired) electrons. The topological polar surface area (TPSA) is 41.5 Å². The summed E-state index contributed by atoms with van der Waals surface area (Å²) in [7, 11) is 1.61. The van der Waals surface area contributed by atoms with Gasteiger partial charge < -0.3 is 15.2 Å². The second-order valence-corrected chi connectivity index (χ2v) is 6.21. The monoisotopic (exact) mass is 279 g/mol. The van der Waals surface area contributed by atoms with Crippen LogP contribution in [0.1, 0.15) is 39.2 Å². The van der Waals surface area contributed by atoms with E-state index in [0.29, 0.717) is 12.6 Å². The standard InChI is InChI=1S/C17H29NO2/c1-14(18-11-10-16(19)13-20-4)12-17(2,3)15-8-6-5-7-9-15/h5-9,14,16,18-19H,10-13H2,1-4H3. The highest BCUT2D eigenvalue weighted by Crippen LogP contribution is 2.28. The molecule has 0 amide bonds. The first-order chi connectivity index (χ1) is 9.45. The Kier molecular flexibility index (Phi) is 7.20. The van der Waals surface area contributed by atoms with Crippen LogP contribution in [-0.4, -0.2) is 37.5 Å². The molecule has 1 rings (SSSR count). The van der Waals surface area contributed by atoms with E-state index in [4.69, 9.17) is 4.74 Å². The van der Waals surface area contributed by atoms with Gasteiger partial charge in [0.1, 0.15) is 0 Å². The van der Waals surface area contributed by atoms with Crippen LogP contribution in [0.15, 0.2) is 30.3 Å². The van der Waals surface area contributed by atoms with E-state index in [1.165, 1.54) is 5.56 Å². The van der Waals surface area contributed by atoms with Crippen molar-refractivity contribution in [1.29, 1.82) is 0 Å². The first-order valence-electron chi connectivity index (χ1n) is 7.41. The average Bonchev–Trinajstić information content (AvgIpc) is 2.39. The highest BCUT2D eigenvalue weighted by atomic mass is 16.5. The number of hydrogen-bond acceptors (Lipinski definition) is 3. The van der Waals surface area contributed by atoms with Crippen LogP contribution in [0, 0.1) is 0 Å². The number of hydrogen-bond donors (Lipinski definition) is 2. The minimum Gasteiger partial charge on any atom is -0.391 e. The summed E-state index contributed by atoms with van der Waals surface area (Å²) in [6.07, 6.45) is 1.42. The van der Waals surface area contributed by atoms with Crippen LogP contribution >= 0.6 is 0 Å². The van der Waals surface area contributed by atoms with Crippen molar-refractivity contribution in [2.45, 2.75) is 51.2 Å². The number of methoxy groups -OCH3 is 1. The molecule has 2 unspecified atom stereocenters. The molecule has 0 heterocycles. The largest absolute Gasteiger partial charge is 0.391 e. The lowest BCUT2D eigenvalue weighted by Crippen LogP contribution is -2.35. The van der Waals surface area contributed by atoms with E-state index in [2.05, 4.69) is 56.4 Å². The first kappa shape index (κ1) is 17.2. The number of nitrogens with one attached hydrogen (secondary N) is 1. The molecular weight excluding hydrogens is 250 g/mol. The van der Waals surface area contributed by atoms with E-state index >= 15 is 0 Å². The van der Waals surface area contributed by atoms with E-state index < -0.39 is 0 Å². The molecule has 3 nitrogen and oxygen atoms in total. The molecule has 0 saturated carbocycles. The molecule has 0 saturated heterocycles. The van der Waals surface area contributed by atoms with Crippen LogP contribution in [0.25, 0.3) is 0 Å². The maximum atomic E-state index is 9.61. The van der Waals surface area contributed by atoms with Gasteiger partial charge in [-0.2, -0.15) is 0 Å². The fourth-order valence-electron chi connectivity index (χ4n) is 2.62. The fraction of sp³-hybridized carbons (Fsp3) is 0.647. The van der Waals surface area contributed by atoms with Gasteiger partial charge in [-0.25, -0.2) is 0 Å². The van der Waals surface area contributed by atoms with E-state index in [-0.39, 0.29) is 11.5 Å². The molecule has 0 aliphatic heterocycles.